The van der Waals surface area contributed by atoms with Gasteiger partial charge in [-0.1, -0.05) is 31.2 Å². The van der Waals surface area contributed by atoms with Gasteiger partial charge in [-0.2, -0.15) is 5.26 Å². The quantitative estimate of drug-likeness (QED) is 0.637. The SMILES string of the molecule is CC1C(C(=O)Nc2ccc([C@H]3CNCCO3)cc2)NNC1c1cccc(C#N)c1. The lowest BCUT2D eigenvalue weighted by Gasteiger charge is -2.24. The maximum Gasteiger partial charge on any atom is 0.243 e. The standard InChI is InChI=1S/C22H25N5O2/c1-14-20(17-4-2-3-15(11-17)12-23)26-27-21(14)22(28)25-18-7-5-16(6-8-18)19-13-24-9-10-29-19/h2-8,11,14,19-21,24,26-27H,9-10,13H2,1H3,(H,25,28)/t14?,19-,20?,21?/m1/s1. The number of morpholine rings is 1. The van der Waals surface area contributed by atoms with Crippen LogP contribution in [0.25, 0.3) is 0 Å². The van der Waals surface area contributed by atoms with Gasteiger partial charge in [0.05, 0.1) is 30.4 Å². The minimum absolute atomic E-state index is 0.0185. The predicted molar refractivity (Wildman–Crippen MR) is 110 cm³/mol. The van der Waals surface area contributed by atoms with Crippen LogP contribution in [0, 0.1) is 17.2 Å². The molecule has 2 aromatic carbocycles. The van der Waals surface area contributed by atoms with Crippen molar-refractivity contribution >= 4 is 11.6 Å². The number of hydrogen-bond acceptors (Lipinski definition) is 6. The fourth-order valence-corrected chi connectivity index (χ4v) is 3.91. The van der Waals surface area contributed by atoms with Crippen molar-refractivity contribution in [1.29, 1.82) is 5.26 Å². The van der Waals surface area contributed by atoms with E-state index in [1.165, 1.54) is 0 Å². The van der Waals surface area contributed by atoms with Crippen LogP contribution in [0.3, 0.4) is 0 Å². The van der Waals surface area contributed by atoms with Gasteiger partial charge in [0.2, 0.25) is 5.91 Å². The van der Waals surface area contributed by atoms with Gasteiger partial charge in [-0.25, -0.2) is 10.9 Å². The Morgan fingerprint density at radius 2 is 2.00 bits per heavy atom. The van der Waals surface area contributed by atoms with Crippen molar-refractivity contribution in [3.05, 3.63) is 65.2 Å². The Morgan fingerprint density at radius 1 is 1.17 bits per heavy atom. The molecule has 4 N–H and O–H groups in total. The van der Waals surface area contributed by atoms with E-state index < -0.39 is 0 Å². The number of ether oxygens (including phenoxy) is 1. The van der Waals surface area contributed by atoms with Gasteiger partial charge in [-0.05, 0) is 35.4 Å². The van der Waals surface area contributed by atoms with Crippen LogP contribution in [0.2, 0.25) is 0 Å². The number of amides is 1. The number of benzene rings is 2. The van der Waals surface area contributed by atoms with Crippen molar-refractivity contribution < 1.29 is 9.53 Å². The number of nitrogens with zero attached hydrogens (tertiary/aromatic N) is 1. The summed E-state index contributed by atoms with van der Waals surface area (Å²) in [5.41, 5.74) is 9.76. The van der Waals surface area contributed by atoms with E-state index in [2.05, 4.69) is 27.6 Å². The summed E-state index contributed by atoms with van der Waals surface area (Å²) in [4.78, 5) is 12.8. The summed E-state index contributed by atoms with van der Waals surface area (Å²) in [6.07, 6.45) is 0.0548. The number of anilines is 1. The normalized spacial score (nSPS) is 26.6. The third-order valence-corrected chi connectivity index (χ3v) is 5.58. The first-order chi connectivity index (χ1) is 14.2. The van der Waals surface area contributed by atoms with Crippen molar-refractivity contribution in [2.75, 3.05) is 25.0 Å². The molecular formula is C22H25N5O2. The molecular weight excluding hydrogens is 366 g/mol. The third kappa shape index (κ3) is 4.31. The second-order valence-electron chi connectivity index (χ2n) is 7.52. The Kier molecular flexibility index (Phi) is 5.88. The van der Waals surface area contributed by atoms with Gasteiger partial charge in [0.25, 0.3) is 0 Å². The number of hydrogen-bond donors (Lipinski definition) is 4. The second-order valence-corrected chi connectivity index (χ2v) is 7.52. The molecule has 0 aliphatic carbocycles. The van der Waals surface area contributed by atoms with Gasteiger partial charge in [0, 0.05) is 24.7 Å². The molecule has 0 radical (unpaired) electrons. The summed E-state index contributed by atoms with van der Waals surface area (Å²) in [6, 6.07) is 17.0. The zero-order valence-corrected chi connectivity index (χ0v) is 16.3. The zero-order chi connectivity index (χ0) is 20.2. The van der Waals surface area contributed by atoms with Crippen LogP contribution in [0.1, 0.15) is 35.8 Å². The molecule has 2 saturated heterocycles. The lowest BCUT2D eigenvalue weighted by atomic mass is 9.90. The van der Waals surface area contributed by atoms with Crippen LogP contribution in [-0.2, 0) is 9.53 Å². The van der Waals surface area contributed by atoms with E-state index >= 15 is 0 Å². The monoisotopic (exact) mass is 391 g/mol. The summed E-state index contributed by atoms with van der Waals surface area (Å²) >= 11 is 0. The highest BCUT2D eigenvalue weighted by atomic mass is 16.5. The first-order valence-corrected chi connectivity index (χ1v) is 9.90. The average molecular weight is 391 g/mol. The minimum atomic E-state index is -0.378. The van der Waals surface area contributed by atoms with Gasteiger partial charge in [0.1, 0.15) is 6.04 Å². The van der Waals surface area contributed by atoms with Gasteiger partial charge in [-0.15, -0.1) is 0 Å². The van der Waals surface area contributed by atoms with Gasteiger partial charge in [-0.3, -0.25) is 4.79 Å². The lowest BCUT2D eigenvalue weighted by Crippen LogP contribution is -2.41. The van der Waals surface area contributed by atoms with E-state index in [9.17, 15) is 4.79 Å². The maximum absolute atomic E-state index is 12.8. The Bertz CT molecular complexity index is 902. The highest BCUT2D eigenvalue weighted by Crippen LogP contribution is 2.29. The van der Waals surface area contributed by atoms with Crippen LogP contribution >= 0.6 is 0 Å². The molecule has 1 amide bonds. The highest BCUT2D eigenvalue weighted by molar-refractivity contribution is 5.95. The first kappa shape index (κ1) is 19.6. The molecule has 7 nitrogen and oxygen atoms in total. The van der Waals surface area contributed by atoms with Gasteiger partial charge >= 0.3 is 0 Å². The molecule has 4 rings (SSSR count). The zero-order valence-electron chi connectivity index (χ0n) is 16.3. The third-order valence-electron chi connectivity index (χ3n) is 5.58. The number of nitriles is 1. The smallest absolute Gasteiger partial charge is 0.243 e. The highest BCUT2D eigenvalue weighted by Gasteiger charge is 2.37. The number of carbonyl (C=O) groups is 1. The average Bonchev–Trinajstić information content (AvgIpc) is 3.16. The number of carbonyl (C=O) groups excluding carboxylic acids is 1. The molecule has 2 aliphatic heterocycles. The fourth-order valence-electron chi connectivity index (χ4n) is 3.91. The lowest BCUT2D eigenvalue weighted by molar-refractivity contribution is -0.118. The second kappa shape index (κ2) is 8.72. The Morgan fingerprint density at radius 3 is 2.72 bits per heavy atom. The summed E-state index contributed by atoms with van der Waals surface area (Å²) in [5, 5.41) is 15.4. The van der Waals surface area contributed by atoms with Crippen LogP contribution in [0.4, 0.5) is 5.69 Å². The Balaban J connectivity index is 1.39. The predicted octanol–water partition coefficient (Wildman–Crippen LogP) is 2.01. The van der Waals surface area contributed by atoms with Crippen LogP contribution in [0.5, 0.6) is 0 Å². The molecule has 3 unspecified atom stereocenters. The van der Waals surface area contributed by atoms with Crippen LogP contribution < -0.4 is 21.5 Å². The number of nitrogens with one attached hydrogen (secondary N) is 4. The molecule has 7 heteroatoms. The molecule has 0 aromatic heterocycles. The molecule has 2 heterocycles. The largest absolute Gasteiger partial charge is 0.371 e. The van der Waals surface area contributed by atoms with Crippen molar-refractivity contribution in [2.45, 2.75) is 25.1 Å². The number of rotatable bonds is 4. The van der Waals surface area contributed by atoms with Crippen molar-refractivity contribution in [3.63, 3.8) is 0 Å². The molecule has 4 atom stereocenters. The van der Waals surface area contributed by atoms with Crippen molar-refractivity contribution in [3.8, 4) is 6.07 Å². The van der Waals surface area contributed by atoms with E-state index in [1.54, 1.807) is 6.07 Å². The summed E-state index contributed by atoms with van der Waals surface area (Å²) in [5.74, 6) is -0.0720. The summed E-state index contributed by atoms with van der Waals surface area (Å²) in [7, 11) is 0. The van der Waals surface area contributed by atoms with E-state index in [0.29, 0.717) is 12.2 Å². The molecule has 2 fully saturated rings. The number of hydrazine groups is 1. The molecule has 0 bridgehead atoms. The first-order valence-electron chi connectivity index (χ1n) is 9.90. The van der Waals surface area contributed by atoms with E-state index in [1.807, 2.05) is 49.4 Å². The van der Waals surface area contributed by atoms with Crippen LogP contribution in [-0.4, -0.2) is 31.6 Å². The minimum Gasteiger partial charge on any atom is -0.371 e. The fraction of sp³-hybridized carbons (Fsp3) is 0.364. The topological polar surface area (TPSA) is 98.2 Å². The summed E-state index contributed by atoms with van der Waals surface area (Å²) < 4.78 is 5.76. The Hall–Kier alpha value is -2.76. The van der Waals surface area contributed by atoms with Crippen LogP contribution in [0.15, 0.2) is 48.5 Å². The molecule has 2 aliphatic rings. The maximum atomic E-state index is 12.8. The van der Waals surface area contributed by atoms with E-state index in [4.69, 9.17) is 10.00 Å². The van der Waals surface area contributed by atoms with Crippen molar-refractivity contribution in [2.24, 2.45) is 5.92 Å². The molecule has 2 aromatic rings. The van der Waals surface area contributed by atoms with E-state index in [0.717, 1.165) is 29.9 Å². The molecule has 0 spiro atoms. The van der Waals surface area contributed by atoms with E-state index in [-0.39, 0.29) is 30.0 Å². The molecule has 150 valence electrons. The van der Waals surface area contributed by atoms with Gasteiger partial charge in [0.15, 0.2) is 0 Å². The van der Waals surface area contributed by atoms with Gasteiger partial charge < -0.3 is 15.4 Å². The Labute approximate surface area is 170 Å². The molecule has 0 saturated carbocycles. The van der Waals surface area contributed by atoms with Crippen molar-refractivity contribution in [1.82, 2.24) is 16.2 Å². The summed E-state index contributed by atoms with van der Waals surface area (Å²) in [6.45, 7) is 4.42. The molecule has 29 heavy (non-hydrogen) atoms.